The van der Waals surface area contributed by atoms with Gasteiger partial charge in [0.05, 0.1) is 0 Å². The summed E-state index contributed by atoms with van der Waals surface area (Å²) in [6, 6.07) is 10.4. The zero-order valence-electron chi connectivity index (χ0n) is 8.94. The molecule has 1 aromatic carbocycles. The van der Waals surface area contributed by atoms with E-state index in [1.165, 1.54) is 5.69 Å². The lowest BCUT2D eigenvalue weighted by molar-refractivity contribution is 0.253. The summed E-state index contributed by atoms with van der Waals surface area (Å²) < 4.78 is 0. The molecule has 0 unspecified atom stereocenters. The minimum atomic E-state index is 0.0291. The summed E-state index contributed by atoms with van der Waals surface area (Å²) in [4.78, 5) is 4.48. The van der Waals surface area contributed by atoms with Crippen LogP contribution in [0, 0.1) is 0 Å². The standard InChI is InChI=1S/C12H16N2/c1-12(2)13(3)9-10-14(12)11-7-5-4-6-8-11/h4-10H,1-3H3. The Morgan fingerprint density at radius 1 is 1.00 bits per heavy atom. The molecule has 74 valence electrons. The van der Waals surface area contributed by atoms with Crippen molar-refractivity contribution >= 4 is 5.69 Å². The highest BCUT2D eigenvalue weighted by molar-refractivity contribution is 5.52. The Morgan fingerprint density at radius 2 is 1.64 bits per heavy atom. The van der Waals surface area contributed by atoms with E-state index >= 15 is 0 Å². The van der Waals surface area contributed by atoms with Crippen LogP contribution in [0.25, 0.3) is 0 Å². The molecule has 0 N–H and O–H groups in total. The minimum absolute atomic E-state index is 0.0291. The highest BCUT2D eigenvalue weighted by Crippen LogP contribution is 2.30. The second-order valence-electron chi connectivity index (χ2n) is 4.11. The van der Waals surface area contributed by atoms with Crippen molar-refractivity contribution in [3.8, 4) is 0 Å². The summed E-state index contributed by atoms with van der Waals surface area (Å²) in [5.41, 5.74) is 1.26. The van der Waals surface area contributed by atoms with Crippen molar-refractivity contribution in [1.29, 1.82) is 0 Å². The van der Waals surface area contributed by atoms with Crippen molar-refractivity contribution in [2.75, 3.05) is 11.9 Å². The van der Waals surface area contributed by atoms with Gasteiger partial charge < -0.3 is 9.80 Å². The second kappa shape index (κ2) is 3.05. The van der Waals surface area contributed by atoms with Gasteiger partial charge in [-0.25, -0.2) is 0 Å². The molecule has 1 aliphatic rings. The highest BCUT2D eigenvalue weighted by Gasteiger charge is 2.32. The van der Waals surface area contributed by atoms with E-state index in [2.05, 4.69) is 67.4 Å². The number of rotatable bonds is 1. The van der Waals surface area contributed by atoms with E-state index in [0.717, 1.165) is 0 Å². The number of anilines is 1. The van der Waals surface area contributed by atoms with E-state index in [4.69, 9.17) is 0 Å². The molecule has 2 heteroatoms. The van der Waals surface area contributed by atoms with Gasteiger partial charge in [0.15, 0.2) is 0 Å². The first kappa shape index (κ1) is 9.13. The lowest BCUT2D eigenvalue weighted by Gasteiger charge is -2.38. The predicted molar refractivity (Wildman–Crippen MR) is 59.9 cm³/mol. The van der Waals surface area contributed by atoms with Crippen molar-refractivity contribution in [1.82, 2.24) is 4.90 Å². The number of hydrogen-bond donors (Lipinski definition) is 0. The van der Waals surface area contributed by atoms with Crippen molar-refractivity contribution in [2.45, 2.75) is 19.5 Å². The minimum Gasteiger partial charge on any atom is -0.357 e. The Labute approximate surface area is 85.4 Å². The summed E-state index contributed by atoms with van der Waals surface area (Å²) in [5.74, 6) is 0. The maximum atomic E-state index is 2.27. The van der Waals surface area contributed by atoms with Crippen LogP contribution in [-0.4, -0.2) is 17.6 Å². The molecule has 2 rings (SSSR count). The Bertz CT molecular complexity index is 341. The Hall–Kier alpha value is -1.44. The fourth-order valence-corrected chi connectivity index (χ4v) is 1.69. The van der Waals surface area contributed by atoms with Gasteiger partial charge in [-0.05, 0) is 26.0 Å². The van der Waals surface area contributed by atoms with Gasteiger partial charge in [0.1, 0.15) is 5.66 Å². The average Bonchev–Trinajstić information content (AvgIpc) is 2.44. The molecule has 1 aromatic rings. The summed E-state index contributed by atoms with van der Waals surface area (Å²) in [6.45, 7) is 4.42. The molecule has 0 radical (unpaired) electrons. The summed E-state index contributed by atoms with van der Waals surface area (Å²) >= 11 is 0. The number of benzene rings is 1. The molecule has 0 aromatic heterocycles. The van der Waals surface area contributed by atoms with Crippen LogP contribution in [0.1, 0.15) is 13.8 Å². The smallest absolute Gasteiger partial charge is 0.110 e. The van der Waals surface area contributed by atoms with Gasteiger partial charge in [0, 0.05) is 25.1 Å². The number of para-hydroxylation sites is 1. The van der Waals surface area contributed by atoms with E-state index < -0.39 is 0 Å². The third-order valence-corrected chi connectivity index (χ3v) is 2.93. The highest BCUT2D eigenvalue weighted by atomic mass is 15.4. The molecule has 0 atom stereocenters. The topological polar surface area (TPSA) is 6.48 Å². The largest absolute Gasteiger partial charge is 0.357 e. The Kier molecular flexibility index (Phi) is 1.99. The first-order valence-electron chi connectivity index (χ1n) is 4.88. The quantitative estimate of drug-likeness (QED) is 0.668. The second-order valence-corrected chi connectivity index (χ2v) is 4.11. The molecule has 1 heterocycles. The zero-order valence-corrected chi connectivity index (χ0v) is 8.94. The van der Waals surface area contributed by atoms with Crippen LogP contribution in [0.4, 0.5) is 5.69 Å². The van der Waals surface area contributed by atoms with Crippen molar-refractivity contribution in [3.63, 3.8) is 0 Å². The van der Waals surface area contributed by atoms with E-state index in [-0.39, 0.29) is 5.66 Å². The van der Waals surface area contributed by atoms with Crippen LogP contribution in [0.5, 0.6) is 0 Å². The third kappa shape index (κ3) is 1.27. The first-order chi connectivity index (χ1) is 6.62. The van der Waals surface area contributed by atoms with Gasteiger partial charge in [0.2, 0.25) is 0 Å². The molecule has 2 nitrogen and oxygen atoms in total. The molecule has 0 aliphatic carbocycles. The SMILES string of the molecule is CN1C=CN(c2ccccc2)C1(C)C. The van der Waals surface area contributed by atoms with Gasteiger partial charge in [-0.15, -0.1) is 0 Å². The van der Waals surface area contributed by atoms with Crippen LogP contribution < -0.4 is 4.90 Å². The van der Waals surface area contributed by atoms with Crippen LogP contribution >= 0.6 is 0 Å². The number of nitrogens with zero attached hydrogens (tertiary/aromatic N) is 2. The fraction of sp³-hybridized carbons (Fsp3) is 0.333. The molecule has 0 saturated carbocycles. The van der Waals surface area contributed by atoms with Crippen LogP contribution in [0.15, 0.2) is 42.7 Å². The lowest BCUT2D eigenvalue weighted by Crippen LogP contribution is -2.46. The van der Waals surface area contributed by atoms with E-state index in [9.17, 15) is 0 Å². The normalized spacial score (nSPS) is 19.1. The van der Waals surface area contributed by atoms with Gasteiger partial charge in [0.25, 0.3) is 0 Å². The zero-order chi connectivity index (χ0) is 10.2. The molecule has 14 heavy (non-hydrogen) atoms. The molecule has 0 spiro atoms. The van der Waals surface area contributed by atoms with Crippen LogP contribution in [0.3, 0.4) is 0 Å². The Morgan fingerprint density at radius 3 is 2.14 bits per heavy atom. The van der Waals surface area contributed by atoms with Crippen LogP contribution in [0.2, 0.25) is 0 Å². The monoisotopic (exact) mass is 188 g/mol. The maximum Gasteiger partial charge on any atom is 0.110 e. The van der Waals surface area contributed by atoms with Gasteiger partial charge in [-0.1, -0.05) is 18.2 Å². The fourth-order valence-electron chi connectivity index (χ4n) is 1.69. The van der Waals surface area contributed by atoms with Gasteiger partial charge >= 0.3 is 0 Å². The first-order valence-corrected chi connectivity index (χ1v) is 4.88. The van der Waals surface area contributed by atoms with E-state index in [1.54, 1.807) is 0 Å². The van der Waals surface area contributed by atoms with Crippen molar-refractivity contribution in [3.05, 3.63) is 42.7 Å². The summed E-state index contributed by atoms with van der Waals surface area (Å²) in [7, 11) is 2.10. The third-order valence-electron chi connectivity index (χ3n) is 2.93. The lowest BCUT2D eigenvalue weighted by atomic mass is 10.1. The predicted octanol–water partition coefficient (Wildman–Crippen LogP) is 2.65. The summed E-state index contributed by atoms with van der Waals surface area (Å²) in [6.07, 6.45) is 4.22. The molecule has 0 bridgehead atoms. The molecule has 0 amide bonds. The van der Waals surface area contributed by atoms with Gasteiger partial charge in [-0.2, -0.15) is 0 Å². The molecule has 1 aliphatic heterocycles. The average molecular weight is 188 g/mol. The van der Waals surface area contributed by atoms with Gasteiger partial charge in [-0.3, -0.25) is 0 Å². The van der Waals surface area contributed by atoms with E-state index in [1.807, 2.05) is 6.07 Å². The molecule has 0 fully saturated rings. The summed E-state index contributed by atoms with van der Waals surface area (Å²) in [5, 5.41) is 0. The van der Waals surface area contributed by atoms with Crippen molar-refractivity contribution < 1.29 is 0 Å². The maximum absolute atomic E-state index is 2.27. The molecule has 0 saturated heterocycles. The van der Waals surface area contributed by atoms with Crippen molar-refractivity contribution in [2.24, 2.45) is 0 Å². The number of hydrogen-bond acceptors (Lipinski definition) is 2. The van der Waals surface area contributed by atoms with E-state index in [0.29, 0.717) is 0 Å². The van der Waals surface area contributed by atoms with Crippen LogP contribution in [-0.2, 0) is 0 Å². The molecular weight excluding hydrogens is 172 g/mol. The molecular formula is C12H16N2. The Balaban J connectivity index is 2.34.